The predicted molar refractivity (Wildman–Crippen MR) is 66.3 cm³/mol. The van der Waals surface area contributed by atoms with Crippen LogP contribution >= 0.6 is 9.39 Å². The third kappa shape index (κ3) is 2.42. The van der Waals surface area contributed by atoms with Crippen LogP contribution < -0.4 is 4.90 Å². The summed E-state index contributed by atoms with van der Waals surface area (Å²) in [4.78, 5) is 2.35. The van der Waals surface area contributed by atoms with Crippen LogP contribution in [0.25, 0.3) is 0 Å². The van der Waals surface area contributed by atoms with Gasteiger partial charge in [-0.2, -0.15) is 0 Å². The highest BCUT2D eigenvalue weighted by Gasteiger charge is 2.14. The highest BCUT2D eigenvalue weighted by Crippen LogP contribution is 2.24. The summed E-state index contributed by atoms with van der Waals surface area (Å²) in [6.45, 7) is 6.18. The van der Waals surface area contributed by atoms with Gasteiger partial charge in [0.2, 0.25) is 0 Å². The minimum atomic E-state index is 0.378. The lowest BCUT2D eigenvalue weighted by atomic mass is 10.2. The number of phenols is 1. The first-order chi connectivity index (χ1) is 7.16. The van der Waals surface area contributed by atoms with E-state index in [2.05, 4.69) is 19.0 Å². The van der Waals surface area contributed by atoms with E-state index in [1.54, 1.807) is 6.07 Å². The van der Waals surface area contributed by atoms with Crippen LogP contribution in [0.2, 0.25) is 0 Å². The number of rotatable bonds is 1. The Morgan fingerprint density at radius 2 is 1.87 bits per heavy atom. The SMILES string of the molecule is Cc1cc(N2CCN(P)CC2)ccc1O. The molecule has 1 atom stereocenters. The van der Waals surface area contributed by atoms with Crippen molar-refractivity contribution in [2.24, 2.45) is 0 Å². The first kappa shape index (κ1) is 10.7. The minimum absolute atomic E-state index is 0.378. The molecular weight excluding hydrogens is 207 g/mol. The lowest BCUT2D eigenvalue weighted by molar-refractivity contribution is 0.428. The summed E-state index contributed by atoms with van der Waals surface area (Å²) in [5.41, 5.74) is 2.16. The summed E-state index contributed by atoms with van der Waals surface area (Å²) < 4.78 is 2.25. The van der Waals surface area contributed by atoms with Crippen molar-refractivity contribution in [2.45, 2.75) is 6.92 Å². The Labute approximate surface area is 93.0 Å². The summed E-state index contributed by atoms with van der Waals surface area (Å²) in [6.07, 6.45) is 0. The number of piperazine rings is 1. The van der Waals surface area contributed by atoms with E-state index in [1.807, 2.05) is 19.1 Å². The molecule has 82 valence electrons. The topological polar surface area (TPSA) is 26.7 Å². The zero-order valence-corrected chi connectivity index (χ0v) is 10.1. The van der Waals surface area contributed by atoms with Crippen molar-refractivity contribution in [2.75, 3.05) is 31.1 Å². The molecule has 1 saturated heterocycles. The minimum Gasteiger partial charge on any atom is -0.508 e. The van der Waals surface area contributed by atoms with Gasteiger partial charge >= 0.3 is 0 Å². The molecule has 0 aliphatic carbocycles. The van der Waals surface area contributed by atoms with Crippen LogP contribution in [-0.4, -0.2) is 36.0 Å². The van der Waals surface area contributed by atoms with Crippen molar-refractivity contribution in [3.05, 3.63) is 23.8 Å². The molecule has 0 radical (unpaired) electrons. The van der Waals surface area contributed by atoms with Gasteiger partial charge in [0.1, 0.15) is 5.75 Å². The van der Waals surface area contributed by atoms with E-state index >= 15 is 0 Å². The molecule has 0 amide bonds. The number of aryl methyl sites for hydroxylation is 1. The molecule has 1 N–H and O–H groups in total. The Kier molecular flexibility index (Phi) is 3.13. The zero-order valence-electron chi connectivity index (χ0n) is 8.98. The van der Waals surface area contributed by atoms with Gasteiger partial charge in [0, 0.05) is 31.9 Å². The fourth-order valence-electron chi connectivity index (χ4n) is 1.82. The average molecular weight is 224 g/mol. The molecule has 3 nitrogen and oxygen atoms in total. The van der Waals surface area contributed by atoms with Crippen molar-refractivity contribution in [1.82, 2.24) is 4.67 Å². The van der Waals surface area contributed by atoms with E-state index in [0.29, 0.717) is 5.75 Å². The molecule has 1 heterocycles. The first-order valence-corrected chi connectivity index (χ1v) is 5.72. The Balaban J connectivity index is 2.12. The first-order valence-electron chi connectivity index (χ1n) is 5.21. The number of nitrogens with zero attached hydrogens (tertiary/aromatic N) is 2. The van der Waals surface area contributed by atoms with E-state index in [-0.39, 0.29) is 0 Å². The number of benzene rings is 1. The van der Waals surface area contributed by atoms with Crippen LogP contribution in [0.3, 0.4) is 0 Å². The van der Waals surface area contributed by atoms with E-state index < -0.39 is 0 Å². The summed E-state index contributed by atoms with van der Waals surface area (Å²) in [6, 6.07) is 5.81. The molecule has 2 rings (SSSR count). The highest BCUT2D eigenvalue weighted by atomic mass is 31.0. The number of anilines is 1. The third-order valence-electron chi connectivity index (χ3n) is 2.86. The van der Waals surface area contributed by atoms with Gasteiger partial charge in [-0.05, 0) is 30.7 Å². The molecule has 1 aliphatic rings. The van der Waals surface area contributed by atoms with Crippen LogP contribution in [0.15, 0.2) is 18.2 Å². The zero-order chi connectivity index (χ0) is 10.8. The Morgan fingerprint density at radius 1 is 1.20 bits per heavy atom. The van der Waals surface area contributed by atoms with Gasteiger partial charge in [-0.1, -0.05) is 9.39 Å². The lowest BCUT2D eigenvalue weighted by Gasteiger charge is -2.34. The number of hydrogen-bond donors (Lipinski definition) is 1. The third-order valence-corrected chi connectivity index (χ3v) is 3.38. The largest absolute Gasteiger partial charge is 0.508 e. The van der Waals surface area contributed by atoms with Crippen molar-refractivity contribution in [3.63, 3.8) is 0 Å². The molecule has 1 aromatic rings. The summed E-state index contributed by atoms with van der Waals surface area (Å²) in [5.74, 6) is 0.378. The van der Waals surface area contributed by atoms with Gasteiger partial charge in [0.05, 0.1) is 0 Å². The maximum absolute atomic E-state index is 9.45. The van der Waals surface area contributed by atoms with Crippen LogP contribution in [0.1, 0.15) is 5.56 Å². The number of aromatic hydroxyl groups is 1. The maximum atomic E-state index is 9.45. The molecule has 1 unspecified atom stereocenters. The van der Waals surface area contributed by atoms with Crippen LogP contribution in [-0.2, 0) is 0 Å². The number of phenolic OH excluding ortho intramolecular Hbond substituents is 1. The molecule has 1 aromatic carbocycles. The second-order valence-electron chi connectivity index (χ2n) is 3.99. The lowest BCUT2D eigenvalue weighted by Crippen LogP contribution is -2.42. The van der Waals surface area contributed by atoms with Gasteiger partial charge in [-0.3, -0.25) is 4.67 Å². The van der Waals surface area contributed by atoms with Crippen LogP contribution in [0, 0.1) is 6.92 Å². The van der Waals surface area contributed by atoms with Crippen molar-refractivity contribution >= 4 is 15.1 Å². The predicted octanol–water partition coefficient (Wildman–Crippen LogP) is 1.61. The van der Waals surface area contributed by atoms with Crippen LogP contribution in [0.4, 0.5) is 5.69 Å². The second-order valence-corrected chi connectivity index (χ2v) is 4.72. The smallest absolute Gasteiger partial charge is 0.118 e. The Hall–Kier alpha value is -0.790. The molecule has 0 spiro atoms. The van der Waals surface area contributed by atoms with Gasteiger partial charge in [-0.15, -0.1) is 0 Å². The maximum Gasteiger partial charge on any atom is 0.118 e. The molecule has 1 fully saturated rings. The Morgan fingerprint density at radius 3 is 2.47 bits per heavy atom. The fraction of sp³-hybridized carbons (Fsp3) is 0.455. The van der Waals surface area contributed by atoms with Crippen molar-refractivity contribution < 1.29 is 5.11 Å². The van der Waals surface area contributed by atoms with Crippen LogP contribution in [0.5, 0.6) is 5.75 Å². The fourth-order valence-corrected chi connectivity index (χ4v) is 2.05. The highest BCUT2D eigenvalue weighted by molar-refractivity contribution is 7.13. The second kappa shape index (κ2) is 4.38. The average Bonchev–Trinajstić information content (AvgIpc) is 2.23. The monoisotopic (exact) mass is 224 g/mol. The van der Waals surface area contributed by atoms with Crippen molar-refractivity contribution in [3.8, 4) is 5.75 Å². The van der Waals surface area contributed by atoms with Crippen molar-refractivity contribution in [1.29, 1.82) is 0 Å². The van der Waals surface area contributed by atoms with Gasteiger partial charge < -0.3 is 10.0 Å². The van der Waals surface area contributed by atoms with E-state index in [1.165, 1.54) is 5.69 Å². The molecular formula is C11H17N2OP. The van der Waals surface area contributed by atoms with Gasteiger partial charge in [0.25, 0.3) is 0 Å². The van der Waals surface area contributed by atoms with Gasteiger partial charge in [-0.25, -0.2) is 0 Å². The quantitative estimate of drug-likeness (QED) is 0.734. The van der Waals surface area contributed by atoms with E-state index in [4.69, 9.17) is 0 Å². The summed E-state index contributed by atoms with van der Waals surface area (Å²) in [7, 11) is 2.74. The Bertz CT molecular complexity index is 348. The molecule has 0 aromatic heterocycles. The number of hydrogen-bond acceptors (Lipinski definition) is 3. The molecule has 1 aliphatic heterocycles. The normalized spacial score (nSPS) is 18.1. The molecule has 0 saturated carbocycles. The summed E-state index contributed by atoms with van der Waals surface area (Å²) in [5, 5.41) is 9.45. The van der Waals surface area contributed by atoms with E-state index in [0.717, 1.165) is 31.7 Å². The molecule has 0 bridgehead atoms. The molecule has 15 heavy (non-hydrogen) atoms. The molecule has 4 heteroatoms. The standard InChI is InChI=1S/C11H17N2OP/c1-9-8-10(2-3-11(9)14)12-4-6-13(15)7-5-12/h2-3,8,14H,4-7,15H2,1H3. The summed E-state index contributed by atoms with van der Waals surface area (Å²) >= 11 is 0. The van der Waals surface area contributed by atoms with E-state index in [9.17, 15) is 5.11 Å². The van der Waals surface area contributed by atoms with Gasteiger partial charge in [0.15, 0.2) is 0 Å².